The Labute approximate surface area is 206 Å². The van der Waals surface area contributed by atoms with Gasteiger partial charge in [0.25, 0.3) is 0 Å². The summed E-state index contributed by atoms with van der Waals surface area (Å²) >= 11 is 0. The molecule has 3 aliphatic rings. The van der Waals surface area contributed by atoms with Gasteiger partial charge in [0.2, 0.25) is 5.91 Å². The molecular formula is C25H28F3N7O. The van der Waals surface area contributed by atoms with Crippen molar-refractivity contribution in [1.29, 1.82) is 0 Å². The maximum atomic E-state index is 13.3. The monoisotopic (exact) mass is 499 g/mol. The predicted octanol–water partition coefficient (Wildman–Crippen LogP) is 3.59. The van der Waals surface area contributed by atoms with Crippen LogP contribution < -0.4 is 10.6 Å². The normalized spacial score (nSPS) is 20.3. The summed E-state index contributed by atoms with van der Waals surface area (Å²) in [6.07, 6.45) is 2.67. The molecule has 1 saturated heterocycles. The van der Waals surface area contributed by atoms with Crippen molar-refractivity contribution >= 4 is 22.6 Å². The molecule has 3 aromatic heterocycles. The molecule has 3 aromatic rings. The first-order valence-electron chi connectivity index (χ1n) is 12.4. The number of rotatable bonds is 5. The molecule has 190 valence electrons. The van der Waals surface area contributed by atoms with Crippen molar-refractivity contribution in [2.45, 2.75) is 44.9 Å². The Morgan fingerprint density at radius 1 is 1.08 bits per heavy atom. The summed E-state index contributed by atoms with van der Waals surface area (Å²) in [4.78, 5) is 28.1. The predicted molar refractivity (Wildman–Crippen MR) is 128 cm³/mol. The average molecular weight is 500 g/mol. The van der Waals surface area contributed by atoms with Gasteiger partial charge in [0.15, 0.2) is 0 Å². The van der Waals surface area contributed by atoms with E-state index in [0.29, 0.717) is 31.7 Å². The molecule has 8 nitrogen and oxygen atoms in total. The number of hydrogen-bond donors (Lipinski definition) is 2. The van der Waals surface area contributed by atoms with Crippen molar-refractivity contribution in [1.82, 2.24) is 29.7 Å². The summed E-state index contributed by atoms with van der Waals surface area (Å²) in [5.74, 6) is 1.06. The van der Waals surface area contributed by atoms with E-state index >= 15 is 0 Å². The Morgan fingerprint density at radius 3 is 2.64 bits per heavy atom. The van der Waals surface area contributed by atoms with Crippen molar-refractivity contribution in [3.05, 3.63) is 36.5 Å². The molecule has 36 heavy (non-hydrogen) atoms. The summed E-state index contributed by atoms with van der Waals surface area (Å²) in [6, 6.07) is 3.84. The van der Waals surface area contributed by atoms with Gasteiger partial charge in [0.05, 0.1) is 35.6 Å². The number of imidazole rings is 1. The van der Waals surface area contributed by atoms with Gasteiger partial charge in [-0.3, -0.25) is 9.78 Å². The fourth-order valence-corrected chi connectivity index (χ4v) is 5.36. The topological polar surface area (TPSA) is 88.0 Å². The molecule has 2 aliphatic heterocycles. The van der Waals surface area contributed by atoms with Gasteiger partial charge in [-0.15, -0.1) is 0 Å². The Bertz CT molecular complexity index is 1290. The second kappa shape index (κ2) is 8.81. The molecule has 0 atom stereocenters. The lowest BCUT2D eigenvalue weighted by Gasteiger charge is -2.34. The fourth-order valence-electron chi connectivity index (χ4n) is 5.36. The molecule has 0 unspecified atom stereocenters. The number of nitrogens with zero attached hydrogens (tertiary/aromatic N) is 5. The Hall–Kier alpha value is -3.05. The molecule has 2 N–H and O–H groups in total. The highest BCUT2D eigenvalue weighted by Crippen LogP contribution is 2.58. The lowest BCUT2D eigenvalue weighted by Crippen LogP contribution is -2.44. The highest BCUT2D eigenvalue weighted by molar-refractivity contribution is 5.94. The van der Waals surface area contributed by atoms with Crippen LogP contribution in [0.25, 0.3) is 22.2 Å². The fraction of sp³-hybridized carbons (Fsp3) is 0.520. The van der Waals surface area contributed by atoms with E-state index in [4.69, 9.17) is 0 Å². The minimum atomic E-state index is -4.15. The zero-order chi connectivity index (χ0) is 24.9. The third-order valence-corrected chi connectivity index (χ3v) is 7.79. The van der Waals surface area contributed by atoms with Gasteiger partial charge in [-0.2, -0.15) is 13.2 Å². The molecule has 0 spiro atoms. The van der Waals surface area contributed by atoms with E-state index in [1.807, 2.05) is 29.4 Å². The van der Waals surface area contributed by atoms with Gasteiger partial charge < -0.3 is 20.1 Å². The van der Waals surface area contributed by atoms with Crippen molar-refractivity contribution in [3.8, 4) is 11.3 Å². The van der Waals surface area contributed by atoms with Crippen LogP contribution in [0.15, 0.2) is 30.7 Å². The van der Waals surface area contributed by atoms with Gasteiger partial charge in [-0.05, 0) is 50.9 Å². The average Bonchev–Trinajstić information content (AvgIpc) is 3.54. The number of carbonyl (C=O) groups excluding carboxylic acids is 1. The van der Waals surface area contributed by atoms with E-state index in [9.17, 15) is 18.0 Å². The molecule has 5 heterocycles. The first kappa shape index (κ1) is 23.4. The lowest BCUT2D eigenvalue weighted by molar-refractivity contribution is -0.192. The van der Waals surface area contributed by atoms with Crippen LogP contribution in [0.5, 0.6) is 0 Å². The highest BCUT2D eigenvalue weighted by Gasteiger charge is 2.63. The smallest absolute Gasteiger partial charge is 0.326 e. The zero-order valence-electron chi connectivity index (χ0n) is 19.8. The number of carbonyl (C=O) groups is 1. The van der Waals surface area contributed by atoms with E-state index in [2.05, 4.69) is 30.2 Å². The summed E-state index contributed by atoms with van der Waals surface area (Å²) < 4.78 is 42.0. The molecular weight excluding hydrogens is 471 g/mol. The number of anilines is 1. The third-order valence-electron chi connectivity index (χ3n) is 7.79. The molecule has 0 bridgehead atoms. The van der Waals surface area contributed by atoms with E-state index in [0.717, 1.165) is 47.6 Å². The van der Waals surface area contributed by atoms with Gasteiger partial charge in [-0.25, -0.2) is 9.97 Å². The second-order valence-electron chi connectivity index (χ2n) is 10.2. The largest absolute Gasteiger partial charge is 0.395 e. The first-order valence-corrected chi connectivity index (χ1v) is 12.4. The van der Waals surface area contributed by atoms with Gasteiger partial charge in [0, 0.05) is 42.7 Å². The van der Waals surface area contributed by atoms with Gasteiger partial charge >= 0.3 is 6.18 Å². The third kappa shape index (κ3) is 4.34. The summed E-state index contributed by atoms with van der Waals surface area (Å²) in [6.45, 7) is 3.52. The molecule has 2 fully saturated rings. The van der Waals surface area contributed by atoms with Crippen LogP contribution >= 0.6 is 0 Å². The minimum Gasteiger partial charge on any atom is -0.326 e. The number of hydrogen-bond acceptors (Lipinski definition) is 6. The van der Waals surface area contributed by atoms with E-state index < -0.39 is 11.6 Å². The summed E-state index contributed by atoms with van der Waals surface area (Å²) in [5.41, 5.74) is 1.15. The van der Waals surface area contributed by atoms with E-state index in [1.54, 1.807) is 6.20 Å². The van der Waals surface area contributed by atoms with Gasteiger partial charge in [-0.1, -0.05) is 0 Å². The van der Waals surface area contributed by atoms with Crippen LogP contribution in [-0.4, -0.2) is 62.7 Å². The number of fused-ring (bicyclic) bond motifs is 2. The molecule has 1 saturated carbocycles. The number of pyridine rings is 2. The summed E-state index contributed by atoms with van der Waals surface area (Å²) in [7, 11) is 0. The number of likely N-dealkylation sites (tertiary alicyclic amines) is 1. The van der Waals surface area contributed by atoms with Crippen LogP contribution in [0.2, 0.25) is 0 Å². The molecule has 1 aliphatic carbocycles. The Morgan fingerprint density at radius 2 is 1.89 bits per heavy atom. The van der Waals surface area contributed by atoms with Crippen molar-refractivity contribution in [2.24, 2.45) is 11.3 Å². The molecule has 0 aromatic carbocycles. The second-order valence-corrected chi connectivity index (χ2v) is 10.2. The minimum absolute atomic E-state index is 0.0450. The maximum Gasteiger partial charge on any atom is 0.395 e. The Kier molecular flexibility index (Phi) is 5.71. The molecule has 0 radical (unpaired) electrons. The maximum absolute atomic E-state index is 13.3. The molecule has 11 heteroatoms. The standard InChI is InChI=1S/C25H28F3N7O/c26-25(27,28)24(3-4-24)15-34-6-1-16(2-7-34)23(36)33-21-10-17-9-18(11-30-19(17)12-31-21)20-13-32-22-14-29-5-8-35(20)22/h9-13,16,29H,1-8,14-15H2,(H,31,33,36). The van der Waals surface area contributed by atoms with Crippen LogP contribution in [-0.2, 0) is 17.9 Å². The van der Waals surface area contributed by atoms with Crippen molar-refractivity contribution in [3.63, 3.8) is 0 Å². The zero-order valence-corrected chi connectivity index (χ0v) is 19.8. The quantitative estimate of drug-likeness (QED) is 0.558. The van der Waals surface area contributed by atoms with E-state index in [-0.39, 0.29) is 31.2 Å². The van der Waals surface area contributed by atoms with Crippen molar-refractivity contribution in [2.75, 3.05) is 31.5 Å². The SMILES string of the molecule is O=C(Nc1cc2cc(-c3cnc4n3CCNC4)cnc2cn1)C1CCN(CC2(C(F)(F)F)CC2)CC1. The highest BCUT2D eigenvalue weighted by atomic mass is 19.4. The van der Waals surface area contributed by atoms with Crippen LogP contribution in [0, 0.1) is 11.3 Å². The first-order chi connectivity index (χ1) is 17.3. The van der Waals surface area contributed by atoms with Crippen LogP contribution in [0.3, 0.4) is 0 Å². The molecule has 1 amide bonds. The number of halogens is 3. The lowest BCUT2D eigenvalue weighted by atomic mass is 9.94. The van der Waals surface area contributed by atoms with Gasteiger partial charge in [0.1, 0.15) is 11.6 Å². The number of alkyl halides is 3. The molecule has 6 rings (SSSR count). The number of nitrogens with one attached hydrogen (secondary N) is 2. The number of aromatic nitrogens is 4. The number of piperidine rings is 1. The van der Waals surface area contributed by atoms with Crippen LogP contribution in [0.4, 0.5) is 19.0 Å². The van der Waals surface area contributed by atoms with Crippen LogP contribution in [0.1, 0.15) is 31.5 Å². The van der Waals surface area contributed by atoms with Crippen molar-refractivity contribution < 1.29 is 18.0 Å². The number of amides is 1. The Balaban J connectivity index is 1.11. The summed E-state index contributed by atoms with van der Waals surface area (Å²) in [5, 5.41) is 7.08. The van der Waals surface area contributed by atoms with E-state index in [1.165, 1.54) is 0 Å².